The molecule has 0 bridgehead atoms. The van der Waals surface area contributed by atoms with Crippen LogP contribution in [0.3, 0.4) is 0 Å². The van der Waals surface area contributed by atoms with Gasteiger partial charge in [0.25, 0.3) is 0 Å². The van der Waals surface area contributed by atoms with Crippen LogP contribution in [0.5, 0.6) is 0 Å². The van der Waals surface area contributed by atoms with E-state index in [-0.39, 0.29) is 12.1 Å². The van der Waals surface area contributed by atoms with Crippen molar-refractivity contribution in [2.45, 2.75) is 58.0 Å². The number of cyclic esters (lactones) is 1. The van der Waals surface area contributed by atoms with Gasteiger partial charge in [0.05, 0.1) is 0 Å². The van der Waals surface area contributed by atoms with Crippen LogP contribution in [-0.2, 0) is 9.53 Å². The van der Waals surface area contributed by atoms with Crippen LogP contribution in [0.15, 0.2) is 24.3 Å². The molecule has 2 nitrogen and oxygen atoms in total. The van der Waals surface area contributed by atoms with E-state index >= 15 is 0 Å². The average Bonchev–Trinajstić information content (AvgIpc) is 2.57. The fourth-order valence-corrected chi connectivity index (χ4v) is 1.92. The molecule has 2 heteroatoms. The zero-order valence-corrected chi connectivity index (χ0v) is 10.2. The van der Waals surface area contributed by atoms with Gasteiger partial charge in [-0.05, 0) is 38.7 Å². The van der Waals surface area contributed by atoms with Crippen LogP contribution in [0, 0.1) is 0 Å². The number of carbonyl (C=O) groups is 1. The Morgan fingerprint density at radius 3 is 2.62 bits per heavy atom. The number of hydrogen-bond donors (Lipinski definition) is 0. The molecule has 0 aromatic carbocycles. The molecule has 1 unspecified atom stereocenters. The molecular formula is C14H22O2. The summed E-state index contributed by atoms with van der Waals surface area (Å²) in [7, 11) is 0. The van der Waals surface area contributed by atoms with Crippen molar-refractivity contribution in [2.75, 3.05) is 0 Å². The number of hydrogen-bond acceptors (Lipinski definition) is 2. The molecule has 90 valence electrons. The van der Waals surface area contributed by atoms with Crippen LogP contribution in [0.2, 0.25) is 0 Å². The van der Waals surface area contributed by atoms with Crippen LogP contribution in [-0.4, -0.2) is 12.1 Å². The molecule has 0 radical (unpaired) electrons. The average molecular weight is 222 g/mol. The minimum absolute atomic E-state index is 0.0423. The zero-order chi connectivity index (χ0) is 11.8. The van der Waals surface area contributed by atoms with Crippen molar-refractivity contribution in [2.24, 2.45) is 0 Å². The Morgan fingerprint density at radius 2 is 2.00 bits per heavy atom. The molecule has 0 saturated heterocycles. The van der Waals surface area contributed by atoms with E-state index in [1.54, 1.807) is 0 Å². The van der Waals surface area contributed by atoms with E-state index in [0.717, 1.165) is 24.8 Å². The molecule has 0 amide bonds. The molecule has 1 aliphatic heterocycles. The highest BCUT2D eigenvalue weighted by Gasteiger charge is 2.21. The largest absolute Gasteiger partial charge is 0.455 e. The van der Waals surface area contributed by atoms with Gasteiger partial charge in [-0.1, -0.05) is 25.3 Å². The first-order chi connectivity index (χ1) is 7.74. The lowest BCUT2D eigenvalue weighted by Gasteiger charge is -2.07. The molecule has 0 aliphatic carbocycles. The molecule has 1 atom stereocenters. The molecule has 0 aromatic heterocycles. The highest BCUT2D eigenvalue weighted by atomic mass is 16.5. The van der Waals surface area contributed by atoms with Gasteiger partial charge < -0.3 is 4.74 Å². The van der Waals surface area contributed by atoms with Gasteiger partial charge in [-0.3, -0.25) is 0 Å². The Balaban J connectivity index is 1.96. The van der Waals surface area contributed by atoms with Crippen LogP contribution in [0.4, 0.5) is 0 Å². The summed E-state index contributed by atoms with van der Waals surface area (Å²) in [4.78, 5) is 11.1. The summed E-state index contributed by atoms with van der Waals surface area (Å²) in [6, 6.07) is 0. The second-order valence-corrected chi connectivity index (χ2v) is 4.43. The predicted octanol–water partition coefficient (Wildman–Crippen LogP) is 3.77. The maximum Gasteiger partial charge on any atom is 0.334 e. The van der Waals surface area contributed by atoms with E-state index in [0.29, 0.717) is 0 Å². The first-order valence-electron chi connectivity index (χ1n) is 6.24. The number of carbonyl (C=O) groups excluding carboxylic acids is 1. The lowest BCUT2D eigenvalue weighted by atomic mass is 10.1. The van der Waals surface area contributed by atoms with Gasteiger partial charge in [0.2, 0.25) is 0 Å². The monoisotopic (exact) mass is 222 g/mol. The third kappa shape index (κ3) is 4.65. The van der Waals surface area contributed by atoms with E-state index in [1.807, 2.05) is 19.1 Å². The van der Waals surface area contributed by atoms with Crippen molar-refractivity contribution in [1.29, 1.82) is 0 Å². The SMILES string of the molecule is C=CCCCCCCCC1C=C(C)C(=O)O1. The number of ether oxygens (including phenoxy) is 1. The maximum absolute atomic E-state index is 11.1. The van der Waals surface area contributed by atoms with Gasteiger partial charge in [0.15, 0.2) is 0 Å². The van der Waals surface area contributed by atoms with Gasteiger partial charge >= 0.3 is 5.97 Å². The van der Waals surface area contributed by atoms with Crippen molar-refractivity contribution in [3.8, 4) is 0 Å². The van der Waals surface area contributed by atoms with Gasteiger partial charge in [-0.2, -0.15) is 0 Å². The smallest absolute Gasteiger partial charge is 0.334 e. The van der Waals surface area contributed by atoms with E-state index < -0.39 is 0 Å². The predicted molar refractivity (Wildman–Crippen MR) is 66.2 cm³/mol. The lowest BCUT2D eigenvalue weighted by molar-refractivity contribution is -0.139. The summed E-state index contributed by atoms with van der Waals surface area (Å²) < 4.78 is 5.17. The molecule has 0 aromatic rings. The second-order valence-electron chi connectivity index (χ2n) is 4.43. The van der Waals surface area contributed by atoms with Gasteiger partial charge in [0, 0.05) is 5.57 Å². The molecular weight excluding hydrogens is 200 g/mol. The fraction of sp³-hybridized carbons (Fsp3) is 0.643. The Kier molecular flexibility index (Phi) is 5.91. The summed E-state index contributed by atoms with van der Waals surface area (Å²) >= 11 is 0. The van der Waals surface area contributed by atoms with Crippen molar-refractivity contribution in [3.05, 3.63) is 24.3 Å². The van der Waals surface area contributed by atoms with Crippen LogP contribution < -0.4 is 0 Å². The summed E-state index contributed by atoms with van der Waals surface area (Å²) in [5, 5.41) is 0. The van der Waals surface area contributed by atoms with Gasteiger partial charge in [-0.25, -0.2) is 4.79 Å². The molecule has 0 N–H and O–H groups in total. The van der Waals surface area contributed by atoms with Crippen LogP contribution in [0.1, 0.15) is 51.9 Å². The Morgan fingerprint density at radius 1 is 1.31 bits per heavy atom. The lowest BCUT2D eigenvalue weighted by Crippen LogP contribution is -2.07. The van der Waals surface area contributed by atoms with Crippen LogP contribution in [0.25, 0.3) is 0 Å². The zero-order valence-electron chi connectivity index (χ0n) is 10.2. The molecule has 0 saturated carbocycles. The van der Waals surface area contributed by atoms with Crippen molar-refractivity contribution >= 4 is 5.97 Å². The molecule has 1 heterocycles. The molecule has 0 fully saturated rings. The van der Waals surface area contributed by atoms with E-state index in [1.165, 1.54) is 25.7 Å². The number of rotatable bonds is 8. The molecule has 0 spiro atoms. The topological polar surface area (TPSA) is 26.3 Å². The van der Waals surface area contributed by atoms with Gasteiger partial charge in [-0.15, -0.1) is 6.58 Å². The minimum Gasteiger partial charge on any atom is -0.455 e. The van der Waals surface area contributed by atoms with Crippen LogP contribution >= 0.6 is 0 Å². The minimum atomic E-state index is -0.143. The molecule has 16 heavy (non-hydrogen) atoms. The van der Waals surface area contributed by atoms with E-state index in [2.05, 4.69) is 6.58 Å². The number of esters is 1. The van der Waals surface area contributed by atoms with E-state index in [9.17, 15) is 4.79 Å². The molecule has 1 aliphatic rings. The highest BCUT2D eigenvalue weighted by molar-refractivity contribution is 5.90. The quantitative estimate of drug-likeness (QED) is 0.355. The summed E-state index contributed by atoms with van der Waals surface area (Å²) in [5.41, 5.74) is 0.760. The van der Waals surface area contributed by atoms with Gasteiger partial charge in [0.1, 0.15) is 6.10 Å². The first kappa shape index (κ1) is 13.0. The normalized spacial score (nSPS) is 19.4. The Hall–Kier alpha value is -1.05. The summed E-state index contributed by atoms with van der Waals surface area (Å²) in [6.45, 7) is 5.52. The summed E-state index contributed by atoms with van der Waals surface area (Å²) in [6.07, 6.45) is 12.3. The molecule has 1 rings (SSSR count). The summed E-state index contributed by atoms with van der Waals surface area (Å²) in [5.74, 6) is -0.143. The third-order valence-electron chi connectivity index (χ3n) is 2.91. The Labute approximate surface area is 98.4 Å². The number of unbranched alkanes of at least 4 members (excludes halogenated alkanes) is 5. The van der Waals surface area contributed by atoms with Crippen molar-refractivity contribution < 1.29 is 9.53 Å². The second kappa shape index (κ2) is 7.26. The fourth-order valence-electron chi connectivity index (χ4n) is 1.92. The van der Waals surface area contributed by atoms with Crippen molar-refractivity contribution in [3.63, 3.8) is 0 Å². The standard InChI is InChI=1S/C14H22O2/c1-3-4-5-6-7-8-9-10-13-11-12(2)14(15)16-13/h3,11,13H,1,4-10H2,2H3. The van der Waals surface area contributed by atoms with E-state index in [4.69, 9.17) is 4.74 Å². The highest BCUT2D eigenvalue weighted by Crippen LogP contribution is 2.18. The first-order valence-corrected chi connectivity index (χ1v) is 6.24. The Bertz CT molecular complexity index is 266. The van der Waals surface area contributed by atoms with Crippen molar-refractivity contribution in [1.82, 2.24) is 0 Å². The number of allylic oxidation sites excluding steroid dienone is 1. The maximum atomic E-state index is 11.1. The third-order valence-corrected chi connectivity index (χ3v) is 2.91.